The molecule has 0 unspecified atom stereocenters. The van der Waals surface area contributed by atoms with Crippen molar-refractivity contribution in [3.05, 3.63) is 253 Å². The second-order valence-corrected chi connectivity index (χ2v) is 16.6. The SMILES string of the molecule is [2H]C([2H])(c1ccc(-c2ccccc2)nc1)C([2H])([2H])c1cc(-c2ccccc2-c2cnc3c4ccccc4n4c5ccccc5c(F)c4c3c2-c2ccccc2)cc(C([2H])([2H])C([2H])([2H])c2ccc(-c3ccccc3)nc2)c1. The third-order valence-corrected chi connectivity index (χ3v) is 12.4. The van der Waals surface area contributed by atoms with Gasteiger partial charge in [0.1, 0.15) is 0 Å². The van der Waals surface area contributed by atoms with Gasteiger partial charge < -0.3 is 4.40 Å². The number of para-hydroxylation sites is 2. The Hall–Kier alpha value is -8.54. The number of fused-ring (bicyclic) bond motifs is 8. The molecule has 12 aromatic rings. The van der Waals surface area contributed by atoms with Crippen LogP contribution in [0.1, 0.15) is 33.2 Å². The monoisotopic (exact) mass is 884 g/mol. The van der Waals surface area contributed by atoms with E-state index in [-0.39, 0.29) is 27.8 Å². The van der Waals surface area contributed by atoms with E-state index in [1.807, 2.05) is 156 Å². The highest BCUT2D eigenvalue weighted by Gasteiger charge is 2.25. The molecule has 0 radical (unpaired) electrons. The number of aromatic nitrogens is 4. The first-order chi connectivity index (χ1) is 36.7. The van der Waals surface area contributed by atoms with Crippen molar-refractivity contribution in [2.24, 2.45) is 0 Å². The summed E-state index contributed by atoms with van der Waals surface area (Å²) < 4.78 is 96.5. The molecule has 0 saturated carbocycles. The van der Waals surface area contributed by atoms with Crippen LogP contribution in [-0.4, -0.2) is 19.4 Å². The minimum Gasteiger partial charge on any atom is -0.306 e. The van der Waals surface area contributed by atoms with Crippen LogP contribution < -0.4 is 0 Å². The molecule has 5 aromatic heterocycles. The molecule has 0 aliphatic carbocycles. The number of halogens is 1. The summed E-state index contributed by atoms with van der Waals surface area (Å²) in [7, 11) is 0. The molecule has 12 rings (SSSR count). The van der Waals surface area contributed by atoms with Crippen molar-refractivity contribution < 1.29 is 15.4 Å². The number of hydrogen-bond donors (Lipinski definition) is 0. The van der Waals surface area contributed by atoms with Crippen molar-refractivity contribution in [1.82, 2.24) is 19.4 Å². The largest absolute Gasteiger partial charge is 0.306 e. The van der Waals surface area contributed by atoms with E-state index in [4.69, 9.17) is 4.98 Å². The molecule has 0 bridgehead atoms. The van der Waals surface area contributed by atoms with E-state index in [0.29, 0.717) is 61.0 Å². The fourth-order valence-corrected chi connectivity index (χ4v) is 9.28. The first-order valence-electron chi connectivity index (χ1n) is 26.4. The van der Waals surface area contributed by atoms with Gasteiger partial charge in [0.2, 0.25) is 0 Å². The van der Waals surface area contributed by atoms with Crippen LogP contribution >= 0.6 is 0 Å². The zero-order valence-electron chi connectivity index (χ0n) is 44.5. The molecule has 0 fully saturated rings. The fourth-order valence-electron chi connectivity index (χ4n) is 9.28. The standard InChI is InChI=1S/C63H45FN4/c64-61-52-24-12-14-26-57(52)68-58-27-15-13-25-53(58)62-60(63(61)68)59(48-20-8-3-9-21-48)54(41-67-62)51-23-11-10-22-50(51)49-37-44(30-28-42-32-34-55(65-39-42)46-16-4-1-5-17-46)36-45(38-49)31-29-43-33-35-56(66-40-43)47-18-6-2-7-19-47/h1-27,32-41H,28-31H2/i28D2,29D2,30D2,31D2. The summed E-state index contributed by atoms with van der Waals surface area (Å²) in [4.78, 5) is 14.2. The lowest BCUT2D eigenvalue weighted by atomic mass is 9.86. The third-order valence-electron chi connectivity index (χ3n) is 12.4. The molecule has 0 N–H and O–H groups in total. The highest BCUT2D eigenvalue weighted by atomic mass is 19.1. The van der Waals surface area contributed by atoms with Gasteiger partial charge >= 0.3 is 0 Å². The van der Waals surface area contributed by atoms with Crippen molar-refractivity contribution in [1.29, 1.82) is 0 Å². The molecule has 0 aliphatic heterocycles. The van der Waals surface area contributed by atoms with Crippen molar-refractivity contribution in [3.63, 3.8) is 0 Å². The van der Waals surface area contributed by atoms with E-state index in [1.165, 1.54) is 42.7 Å². The van der Waals surface area contributed by atoms with Gasteiger partial charge in [-0.15, -0.1) is 0 Å². The Balaban J connectivity index is 1.09. The number of rotatable bonds is 11. The normalized spacial score (nSPS) is 14.1. The van der Waals surface area contributed by atoms with Gasteiger partial charge in [0, 0.05) is 68.0 Å². The molecule has 5 heterocycles. The predicted molar refractivity (Wildman–Crippen MR) is 278 cm³/mol. The maximum atomic E-state index is 17.4. The van der Waals surface area contributed by atoms with Gasteiger partial charge in [-0.1, -0.05) is 176 Å². The first kappa shape index (κ1) is 33.0. The molecule has 0 saturated heterocycles. The Labute approximate surface area is 406 Å². The van der Waals surface area contributed by atoms with E-state index in [0.717, 1.165) is 27.6 Å². The Morgan fingerprint density at radius 1 is 0.397 bits per heavy atom. The lowest BCUT2D eigenvalue weighted by Gasteiger charge is -2.19. The molecule has 68 heavy (non-hydrogen) atoms. The molecule has 324 valence electrons. The highest BCUT2D eigenvalue weighted by Crippen LogP contribution is 2.46. The van der Waals surface area contributed by atoms with Crippen LogP contribution in [0.25, 0.3) is 94.1 Å². The average molecular weight is 885 g/mol. The van der Waals surface area contributed by atoms with Gasteiger partial charge in [0.15, 0.2) is 5.82 Å². The fraction of sp³-hybridized carbons (Fsp3) is 0.0635. The summed E-state index contributed by atoms with van der Waals surface area (Å²) in [5, 5.41) is 1.82. The number of nitrogens with zero attached hydrogens (tertiary/aromatic N) is 4. The molecule has 5 heteroatoms. The zero-order chi connectivity index (χ0) is 52.6. The lowest BCUT2D eigenvalue weighted by molar-refractivity contribution is 0.651. The van der Waals surface area contributed by atoms with Gasteiger partial charge in [0.05, 0.1) is 33.5 Å². The molecule has 4 nitrogen and oxygen atoms in total. The van der Waals surface area contributed by atoms with Crippen molar-refractivity contribution >= 4 is 38.2 Å². The maximum Gasteiger partial charge on any atom is 0.157 e. The molecular formula is C63H45FN4. The summed E-state index contributed by atoms with van der Waals surface area (Å²) in [6.07, 6.45) is -6.86. The number of pyridine rings is 4. The van der Waals surface area contributed by atoms with Crippen LogP contribution in [0.4, 0.5) is 4.39 Å². The summed E-state index contributed by atoms with van der Waals surface area (Å²) in [6.45, 7) is 0. The summed E-state index contributed by atoms with van der Waals surface area (Å²) in [6, 6.07) is 61.4. The number of aryl methyl sites for hydroxylation is 4. The average Bonchev–Trinajstić information content (AvgIpc) is 3.90. The predicted octanol–water partition coefficient (Wildman–Crippen LogP) is 15.6. The van der Waals surface area contributed by atoms with E-state index < -0.39 is 31.3 Å². The Morgan fingerprint density at radius 2 is 0.882 bits per heavy atom. The van der Waals surface area contributed by atoms with Crippen molar-refractivity contribution in [3.8, 4) is 55.9 Å². The molecule has 0 amide bonds. The van der Waals surface area contributed by atoms with E-state index >= 15 is 4.39 Å². The minimum absolute atomic E-state index is 0.0497. The summed E-state index contributed by atoms with van der Waals surface area (Å²) >= 11 is 0. The Bertz CT molecular complexity index is 4050. The van der Waals surface area contributed by atoms with Crippen LogP contribution in [0.3, 0.4) is 0 Å². The van der Waals surface area contributed by atoms with Crippen LogP contribution in [-0.2, 0) is 25.5 Å². The minimum atomic E-state index is -2.87. The van der Waals surface area contributed by atoms with Crippen molar-refractivity contribution in [2.75, 3.05) is 0 Å². The smallest absolute Gasteiger partial charge is 0.157 e. The van der Waals surface area contributed by atoms with Crippen LogP contribution in [0.15, 0.2) is 225 Å². The lowest BCUT2D eigenvalue weighted by Crippen LogP contribution is -2.00. The highest BCUT2D eigenvalue weighted by molar-refractivity contribution is 6.21. The zero-order valence-corrected chi connectivity index (χ0v) is 36.5. The van der Waals surface area contributed by atoms with Crippen LogP contribution in [0.2, 0.25) is 0 Å². The molecule has 0 aliphatic rings. The maximum absolute atomic E-state index is 17.4. The van der Waals surface area contributed by atoms with Crippen molar-refractivity contribution in [2.45, 2.75) is 25.5 Å². The first-order valence-corrected chi connectivity index (χ1v) is 22.4. The molecule has 0 atom stereocenters. The van der Waals surface area contributed by atoms with Gasteiger partial charge in [-0.25, -0.2) is 4.39 Å². The van der Waals surface area contributed by atoms with E-state index in [2.05, 4.69) is 9.97 Å². The van der Waals surface area contributed by atoms with Crippen LogP contribution in [0.5, 0.6) is 0 Å². The molecular weight excluding hydrogens is 832 g/mol. The Kier molecular flexibility index (Phi) is 8.59. The van der Waals surface area contributed by atoms with E-state index in [1.54, 1.807) is 30.5 Å². The summed E-state index contributed by atoms with van der Waals surface area (Å²) in [5.74, 6) is -0.407. The third kappa shape index (κ3) is 7.58. The Morgan fingerprint density at radius 3 is 1.46 bits per heavy atom. The van der Waals surface area contributed by atoms with Gasteiger partial charge in [-0.3, -0.25) is 15.0 Å². The molecule has 7 aromatic carbocycles. The molecule has 0 spiro atoms. The van der Waals surface area contributed by atoms with Crippen LogP contribution in [0, 0.1) is 5.82 Å². The van der Waals surface area contributed by atoms with Gasteiger partial charge in [0.25, 0.3) is 0 Å². The number of benzene rings is 7. The van der Waals surface area contributed by atoms with Gasteiger partial charge in [-0.05, 0) is 100 Å². The second-order valence-electron chi connectivity index (χ2n) is 16.6. The number of hydrogen-bond acceptors (Lipinski definition) is 3. The van der Waals surface area contributed by atoms with E-state index in [9.17, 15) is 11.0 Å². The van der Waals surface area contributed by atoms with Gasteiger partial charge in [-0.2, -0.15) is 0 Å². The summed E-state index contributed by atoms with van der Waals surface area (Å²) in [5.41, 5.74) is 7.94. The topological polar surface area (TPSA) is 43.1 Å². The second kappa shape index (κ2) is 17.7. The quantitative estimate of drug-likeness (QED) is 0.122.